The van der Waals surface area contributed by atoms with Gasteiger partial charge < -0.3 is 0 Å². The van der Waals surface area contributed by atoms with Gasteiger partial charge in [-0.3, -0.25) is 0 Å². The minimum atomic E-state index is 0.291. The Hall–Kier alpha value is 0.0900. The van der Waals surface area contributed by atoms with Crippen molar-refractivity contribution in [3.63, 3.8) is 0 Å². The quantitative estimate of drug-likeness (QED) is 0.677. The molecule has 0 spiro atoms. The van der Waals surface area contributed by atoms with E-state index in [9.17, 15) is 0 Å². The summed E-state index contributed by atoms with van der Waals surface area (Å²) >= 11 is 18.0. The van der Waals surface area contributed by atoms with Crippen molar-refractivity contribution < 1.29 is 0 Å². The van der Waals surface area contributed by atoms with Crippen molar-refractivity contribution in [2.75, 3.05) is 5.88 Å². The second kappa shape index (κ2) is 4.53. The third kappa shape index (κ3) is 2.43. The SMILES string of the molecule is ClCC1(Cc2ccc(Cl)cc2Cl)CCC1. The first-order valence-corrected chi connectivity index (χ1v) is 6.44. The molecule has 0 atom stereocenters. The van der Waals surface area contributed by atoms with E-state index in [1.807, 2.05) is 12.1 Å². The van der Waals surface area contributed by atoms with Crippen molar-refractivity contribution in [3.05, 3.63) is 33.8 Å². The number of benzene rings is 1. The number of halogens is 3. The average molecular weight is 264 g/mol. The molecule has 1 aliphatic carbocycles. The molecule has 0 bridgehead atoms. The molecule has 1 saturated carbocycles. The Kier molecular flexibility index (Phi) is 3.49. The molecule has 2 rings (SSSR count). The lowest BCUT2D eigenvalue weighted by molar-refractivity contribution is 0.166. The fourth-order valence-electron chi connectivity index (χ4n) is 2.10. The highest BCUT2D eigenvalue weighted by atomic mass is 35.5. The molecular formula is C12H13Cl3. The Morgan fingerprint density at radius 2 is 1.93 bits per heavy atom. The Morgan fingerprint density at radius 1 is 1.20 bits per heavy atom. The van der Waals surface area contributed by atoms with Gasteiger partial charge in [-0.15, -0.1) is 11.6 Å². The van der Waals surface area contributed by atoms with E-state index in [1.165, 1.54) is 24.8 Å². The van der Waals surface area contributed by atoms with Crippen LogP contribution in [0.25, 0.3) is 0 Å². The lowest BCUT2D eigenvalue weighted by Gasteiger charge is -2.40. The van der Waals surface area contributed by atoms with Gasteiger partial charge in [-0.2, -0.15) is 0 Å². The van der Waals surface area contributed by atoms with Crippen LogP contribution in [-0.4, -0.2) is 5.88 Å². The van der Waals surface area contributed by atoms with Crippen molar-refractivity contribution in [1.82, 2.24) is 0 Å². The second-order valence-corrected chi connectivity index (χ2v) is 5.51. The first-order valence-electron chi connectivity index (χ1n) is 5.15. The molecule has 0 unspecified atom stereocenters. The Bertz CT molecular complexity index is 350. The summed E-state index contributed by atoms with van der Waals surface area (Å²) < 4.78 is 0. The minimum Gasteiger partial charge on any atom is -0.126 e. The summed E-state index contributed by atoms with van der Waals surface area (Å²) in [5.74, 6) is 0.728. The normalized spacial score (nSPS) is 18.6. The highest BCUT2D eigenvalue weighted by Crippen LogP contribution is 2.45. The van der Waals surface area contributed by atoms with E-state index in [1.54, 1.807) is 6.07 Å². The topological polar surface area (TPSA) is 0 Å². The van der Waals surface area contributed by atoms with Crippen molar-refractivity contribution in [2.24, 2.45) is 5.41 Å². The van der Waals surface area contributed by atoms with Crippen molar-refractivity contribution >= 4 is 34.8 Å². The Labute approximate surface area is 106 Å². The molecule has 0 aromatic heterocycles. The first kappa shape index (κ1) is 11.6. The predicted molar refractivity (Wildman–Crippen MR) is 67.2 cm³/mol. The standard InChI is InChI=1S/C12H13Cl3/c13-8-12(4-1-5-12)7-9-2-3-10(14)6-11(9)15/h2-3,6H,1,4-5,7-8H2. The molecule has 1 fully saturated rings. The Morgan fingerprint density at radius 3 is 2.40 bits per heavy atom. The summed E-state index contributed by atoms with van der Waals surface area (Å²) in [7, 11) is 0. The summed E-state index contributed by atoms with van der Waals surface area (Å²) in [6.45, 7) is 0. The molecule has 82 valence electrons. The van der Waals surface area contributed by atoms with Gasteiger partial charge in [0.2, 0.25) is 0 Å². The monoisotopic (exact) mass is 262 g/mol. The average Bonchev–Trinajstić information content (AvgIpc) is 2.14. The van der Waals surface area contributed by atoms with E-state index < -0.39 is 0 Å². The maximum absolute atomic E-state index is 6.15. The molecular weight excluding hydrogens is 250 g/mol. The summed E-state index contributed by atoms with van der Waals surface area (Å²) in [5, 5.41) is 1.45. The molecule has 0 amide bonds. The molecule has 1 aliphatic rings. The third-order valence-corrected chi connectivity index (χ3v) is 4.43. The van der Waals surface area contributed by atoms with Gasteiger partial charge in [-0.05, 0) is 42.4 Å². The van der Waals surface area contributed by atoms with E-state index in [2.05, 4.69) is 0 Å². The highest BCUT2D eigenvalue weighted by Gasteiger charge is 2.36. The van der Waals surface area contributed by atoms with E-state index in [0.717, 1.165) is 17.3 Å². The number of hydrogen-bond donors (Lipinski definition) is 0. The van der Waals surface area contributed by atoms with E-state index in [0.29, 0.717) is 10.4 Å². The van der Waals surface area contributed by atoms with Crippen LogP contribution in [0.1, 0.15) is 24.8 Å². The van der Waals surface area contributed by atoms with Gasteiger partial charge in [-0.1, -0.05) is 35.7 Å². The number of alkyl halides is 1. The third-order valence-electron chi connectivity index (χ3n) is 3.28. The van der Waals surface area contributed by atoms with Crippen molar-refractivity contribution in [2.45, 2.75) is 25.7 Å². The van der Waals surface area contributed by atoms with Gasteiger partial charge >= 0.3 is 0 Å². The van der Waals surface area contributed by atoms with Gasteiger partial charge in [0.1, 0.15) is 0 Å². The van der Waals surface area contributed by atoms with E-state index in [-0.39, 0.29) is 0 Å². The van der Waals surface area contributed by atoms with Crippen LogP contribution >= 0.6 is 34.8 Å². The Balaban J connectivity index is 2.16. The van der Waals surface area contributed by atoms with Gasteiger partial charge in [0.25, 0.3) is 0 Å². The summed E-state index contributed by atoms with van der Waals surface area (Å²) in [6, 6.07) is 5.71. The van der Waals surface area contributed by atoms with Crippen LogP contribution in [0.15, 0.2) is 18.2 Å². The lowest BCUT2D eigenvalue weighted by Crippen LogP contribution is -2.33. The molecule has 0 heterocycles. The van der Waals surface area contributed by atoms with Crippen LogP contribution < -0.4 is 0 Å². The van der Waals surface area contributed by atoms with Gasteiger partial charge in [0.15, 0.2) is 0 Å². The zero-order valence-electron chi connectivity index (χ0n) is 8.40. The largest absolute Gasteiger partial charge is 0.126 e. The smallest absolute Gasteiger partial charge is 0.0453 e. The van der Waals surface area contributed by atoms with Crippen molar-refractivity contribution in [1.29, 1.82) is 0 Å². The maximum Gasteiger partial charge on any atom is 0.0453 e. The minimum absolute atomic E-state index is 0.291. The zero-order chi connectivity index (χ0) is 10.9. The molecule has 0 N–H and O–H groups in total. The van der Waals surface area contributed by atoms with E-state index >= 15 is 0 Å². The molecule has 0 nitrogen and oxygen atoms in total. The molecule has 1 aromatic rings. The van der Waals surface area contributed by atoms with Crippen LogP contribution in [-0.2, 0) is 6.42 Å². The summed E-state index contributed by atoms with van der Waals surface area (Å²) in [6.07, 6.45) is 4.70. The van der Waals surface area contributed by atoms with Crippen LogP contribution in [0, 0.1) is 5.41 Å². The molecule has 1 aromatic carbocycles. The van der Waals surface area contributed by atoms with Gasteiger partial charge in [-0.25, -0.2) is 0 Å². The zero-order valence-corrected chi connectivity index (χ0v) is 10.7. The highest BCUT2D eigenvalue weighted by molar-refractivity contribution is 6.35. The van der Waals surface area contributed by atoms with Gasteiger partial charge in [0, 0.05) is 15.9 Å². The molecule has 15 heavy (non-hydrogen) atoms. The maximum atomic E-state index is 6.15. The van der Waals surface area contributed by atoms with Gasteiger partial charge in [0.05, 0.1) is 0 Å². The molecule has 3 heteroatoms. The fraction of sp³-hybridized carbons (Fsp3) is 0.500. The summed E-state index contributed by atoms with van der Waals surface area (Å²) in [5.41, 5.74) is 1.46. The number of rotatable bonds is 3. The predicted octanol–water partition coefficient (Wildman–Crippen LogP) is 4.95. The summed E-state index contributed by atoms with van der Waals surface area (Å²) in [4.78, 5) is 0. The van der Waals surface area contributed by atoms with Crippen molar-refractivity contribution in [3.8, 4) is 0 Å². The lowest BCUT2D eigenvalue weighted by atomic mass is 9.67. The van der Waals surface area contributed by atoms with E-state index in [4.69, 9.17) is 34.8 Å². The second-order valence-electron chi connectivity index (χ2n) is 4.40. The first-order chi connectivity index (χ1) is 7.15. The molecule has 0 saturated heterocycles. The fourth-order valence-corrected chi connectivity index (χ4v) is 2.94. The molecule has 0 aliphatic heterocycles. The van der Waals surface area contributed by atoms with Crippen LogP contribution in [0.4, 0.5) is 0 Å². The van der Waals surface area contributed by atoms with Crippen LogP contribution in [0.5, 0.6) is 0 Å². The molecule has 0 radical (unpaired) electrons. The van der Waals surface area contributed by atoms with Crippen LogP contribution in [0.3, 0.4) is 0 Å². The van der Waals surface area contributed by atoms with Crippen LogP contribution in [0.2, 0.25) is 10.0 Å². The number of hydrogen-bond acceptors (Lipinski definition) is 0.